The number of carbonyl (C=O) groups is 1. The number of rotatable bonds is 6. The van der Waals surface area contributed by atoms with Crippen molar-refractivity contribution in [2.24, 2.45) is 0 Å². The average Bonchev–Trinajstić information content (AvgIpc) is 2.82. The van der Waals surface area contributed by atoms with E-state index in [4.69, 9.17) is 11.6 Å². The number of hydrogen-bond donors (Lipinski definition) is 0. The smallest absolute Gasteiger partial charge is 0.152 e. The third-order valence-electron chi connectivity index (χ3n) is 4.26. The number of hydrogen-bond acceptors (Lipinski definition) is 1. The number of benzene rings is 1. The summed E-state index contributed by atoms with van der Waals surface area (Å²) in [6, 6.07) is 3.44. The van der Waals surface area contributed by atoms with E-state index in [0.29, 0.717) is 28.4 Å². The third-order valence-corrected chi connectivity index (χ3v) is 4.59. The van der Waals surface area contributed by atoms with Crippen molar-refractivity contribution in [3.05, 3.63) is 76.1 Å². The van der Waals surface area contributed by atoms with Crippen LogP contribution in [-0.2, 0) is 13.0 Å². The Balaban J connectivity index is 2.44. The van der Waals surface area contributed by atoms with Gasteiger partial charge in [0.25, 0.3) is 0 Å². The second-order valence-electron chi connectivity index (χ2n) is 5.76. The zero-order chi connectivity index (χ0) is 18.6. The van der Waals surface area contributed by atoms with E-state index >= 15 is 0 Å². The predicted octanol–water partition coefficient (Wildman–Crippen LogP) is 5.59. The van der Waals surface area contributed by atoms with Crippen LogP contribution >= 0.6 is 11.6 Å². The van der Waals surface area contributed by atoms with Crippen LogP contribution in [0.3, 0.4) is 0 Å². The lowest BCUT2D eigenvalue weighted by molar-refractivity contribution is 0.112. The minimum Gasteiger partial charge on any atom is -0.339 e. The van der Waals surface area contributed by atoms with Gasteiger partial charge >= 0.3 is 0 Å². The monoisotopic (exact) mass is 363 g/mol. The first-order chi connectivity index (χ1) is 11.9. The fraction of sp³-hybridized carbons (Fsp3) is 0.250. The Labute approximate surface area is 151 Å². The van der Waals surface area contributed by atoms with Crippen LogP contribution in [0.25, 0.3) is 5.03 Å². The van der Waals surface area contributed by atoms with Gasteiger partial charge in [-0.15, -0.1) is 0 Å². The molecule has 0 atom stereocenters. The summed E-state index contributed by atoms with van der Waals surface area (Å²) in [6.45, 7) is 6.31. The molecule has 0 spiro atoms. The number of allylic oxidation sites excluding steroid dienone is 3. The lowest BCUT2D eigenvalue weighted by Crippen LogP contribution is -2.03. The topological polar surface area (TPSA) is 22.0 Å². The quantitative estimate of drug-likeness (QED) is 0.484. The molecule has 0 amide bonds. The van der Waals surface area contributed by atoms with Crippen LogP contribution < -0.4 is 0 Å². The Kier molecular flexibility index (Phi) is 6.32. The Hall–Kier alpha value is -2.20. The highest BCUT2D eigenvalue weighted by atomic mass is 35.5. The van der Waals surface area contributed by atoms with Crippen molar-refractivity contribution >= 4 is 22.9 Å². The van der Waals surface area contributed by atoms with Gasteiger partial charge in [-0.2, -0.15) is 0 Å². The van der Waals surface area contributed by atoms with Crippen molar-refractivity contribution in [2.45, 2.75) is 33.7 Å². The number of aldehydes is 1. The van der Waals surface area contributed by atoms with Gasteiger partial charge in [-0.25, -0.2) is 8.78 Å². The Morgan fingerprint density at radius 1 is 1.28 bits per heavy atom. The van der Waals surface area contributed by atoms with E-state index in [9.17, 15) is 13.6 Å². The molecule has 5 heteroatoms. The number of halogens is 3. The van der Waals surface area contributed by atoms with Crippen LogP contribution in [0.1, 0.15) is 39.8 Å². The van der Waals surface area contributed by atoms with Crippen LogP contribution in [0.2, 0.25) is 0 Å². The van der Waals surface area contributed by atoms with Gasteiger partial charge in [0.2, 0.25) is 0 Å². The fourth-order valence-electron chi connectivity index (χ4n) is 2.71. The minimum absolute atomic E-state index is 0.205. The van der Waals surface area contributed by atoms with Crippen molar-refractivity contribution in [3.8, 4) is 0 Å². The molecule has 0 unspecified atom stereocenters. The molecule has 1 aromatic carbocycles. The molecule has 0 saturated heterocycles. The molecule has 2 rings (SSSR count). The lowest BCUT2D eigenvalue weighted by Gasteiger charge is -2.10. The van der Waals surface area contributed by atoms with E-state index in [2.05, 4.69) is 0 Å². The molecule has 0 N–H and O–H groups in total. The summed E-state index contributed by atoms with van der Waals surface area (Å²) in [7, 11) is 0. The summed E-state index contributed by atoms with van der Waals surface area (Å²) in [5, 5.41) is 0.367. The molecular weight excluding hydrogens is 344 g/mol. The number of nitrogens with zero attached hydrogens (tertiary/aromatic N) is 1. The van der Waals surface area contributed by atoms with Crippen LogP contribution in [0.15, 0.2) is 36.4 Å². The average molecular weight is 364 g/mol. The molecular formula is C20H20ClF2NO. The van der Waals surface area contributed by atoms with Gasteiger partial charge in [-0.1, -0.05) is 35.9 Å². The van der Waals surface area contributed by atoms with Gasteiger partial charge in [0, 0.05) is 23.9 Å². The van der Waals surface area contributed by atoms with Crippen molar-refractivity contribution < 1.29 is 13.6 Å². The summed E-state index contributed by atoms with van der Waals surface area (Å²) in [6.07, 6.45) is 6.53. The second-order valence-corrected chi connectivity index (χ2v) is 6.17. The maximum Gasteiger partial charge on any atom is 0.152 e. The van der Waals surface area contributed by atoms with E-state index in [-0.39, 0.29) is 6.42 Å². The van der Waals surface area contributed by atoms with E-state index in [1.807, 2.05) is 37.5 Å². The molecule has 2 nitrogen and oxygen atoms in total. The van der Waals surface area contributed by atoms with Gasteiger partial charge in [0.05, 0.1) is 10.7 Å². The summed E-state index contributed by atoms with van der Waals surface area (Å²) >= 11 is 6.45. The maximum atomic E-state index is 13.8. The van der Waals surface area contributed by atoms with Crippen LogP contribution in [0.5, 0.6) is 0 Å². The molecule has 0 aliphatic carbocycles. The molecule has 132 valence electrons. The molecule has 1 aromatic heterocycles. The van der Waals surface area contributed by atoms with Gasteiger partial charge in [0.1, 0.15) is 11.6 Å². The largest absolute Gasteiger partial charge is 0.339 e. The number of carbonyl (C=O) groups excluding carboxylic acids is 1. The SMILES string of the molecule is C/C=C/Cn1c(C)c(C)c(C=O)c1/C(Cl)=C\Cc1ccc(F)cc1F. The van der Waals surface area contributed by atoms with E-state index in [0.717, 1.165) is 23.6 Å². The zero-order valence-electron chi connectivity index (χ0n) is 14.4. The standard InChI is InChI=1S/C20H20ClF2NO/c1-4-5-10-24-14(3)13(2)17(12-25)20(24)18(21)9-7-15-6-8-16(22)11-19(15)23/h4-6,8-9,11-12H,7,10H2,1-3H3/b5-4+,18-9+. The second kappa shape index (κ2) is 8.26. The summed E-state index contributed by atoms with van der Waals surface area (Å²) in [5.41, 5.74) is 3.31. The Morgan fingerprint density at radius 3 is 2.60 bits per heavy atom. The highest BCUT2D eigenvalue weighted by molar-refractivity contribution is 6.49. The highest BCUT2D eigenvalue weighted by Gasteiger charge is 2.19. The molecule has 25 heavy (non-hydrogen) atoms. The van der Waals surface area contributed by atoms with Crippen molar-refractivity contribution in [2.75, 3.05) is 0 Å². The first-order valence-corrected chi connectivity index (χ1v) is 8.34. The summed E-state index contributed by atoms with van der Waals surface area (Å²) in [4.78, 5) is 11.5. The summed E-state index contributed by atoms with van der Waals surface area (Å²) < 4.78 is 28.7. The van der Waals surface area contributed by atoms with Crippen LogP contribution in [0, 0.1) is 25.5 Å². The zero-order valence-corrected chi connectivity index (χ0v) is 15.2. The highest BCUT2D eigenvalue weighted by Crippen LogP contribution is 2.30. The van der Waals surface area contributed by atoms with Gasteiger partial charge in [-0.05, 0) is 44.4 Å². The van der Waals surface area contributed by atoms with Crippen LogP contribution in [-0.4, -0.2) is 10.9 Å². The third kappa shape index (κ3) is 4.07. The minimum atomic E-state index is -0.619. The van der Waals surface area contributed by atoms with E-state index in [1.54, 1.807) is 6.08 Å². The van der Waals surface area contributed by atoms with Gasteiger partial charge < -0.3 is 4.57 Å². The molecule has 0 saturated carbocycles. The number of aromatic nitrogens is 1. The van der Waals surface area contributed by atoms with Gasteiger partial charge in [-0.3, -0.25) is 4.79 Å². The molecule has 0 bridgehead atoms. The van der Waals surface area contributed by atoms with Gasteiger partial charge in [0.15, 0.2) is 6.29 Å². The van der Waals surface area contributed by atoms with Crippen molar-refractivity contribution in [1.82, 2.24) is 4.57 Å². The lowest BCUT2D eigenvalue weighted by atomic mass is 10.1. The summed E-state index contributed by atoms with van der Waals surface area (Å²) in [5.74, 6) is -1.24. The van der Waals surface area contributed by atoms with E-state index < -0.39 is 11.6 Å². The van der Waals surface area contributed by atoms with Crippen molar-refractivity contribution in [1.29, 1.82) is 0 Å². The molecule has 0 aliphatic rings. The molecule has 2 aromatic rings. The molecule has 0 aliphatic heterocycles. The van der Waals surface area contributed by atoms with Crippen molar-refractivity contribution in [3.63, 3.8) is 0 Å². The predicted molar refractivity (Wildman–Crippen MR) is 98.0 cm³/mol. The van der Waals surface area contributed by atoms with E-state index in [1.165, 1.54) is 12.1 Å². The van der Waals surface area contributed by atoms with Crippen LogP contribution in [0.4, 0.5) is 8.78 Å². The molecule has 0 fully saturated rings. The fourth-order valence-corrected chi connectivity index (χ4v) is 2.99. The Bertz CT molecular complexity index is 850. The molecule has 1 heterocycles. The first kappa shape index (κ1) is 19.1. The maximum absolute atomic E-state index is 13.8. The normalized spacial score (nSPS) is 12.2. The first-order valence-electron chi connectivity index (χ1n) is 7.96. The Morgan fingerprint density at radius 2 is 2.00 bits per heavy atom. The molecule has 0 radical (unpaired) electrons.